The molecular formula is C22H32N8OS. The second-order valence-electron chi connectivity index (χ2n) is 8.36. The minimum atomic E-state index is 0.182. The summed E-state index contributed by atoms with van der Waals surface area (Å²) in [5, 5.41) is 20.1. The number of hydrogen-bond acceptors (Lipinski definition) is 8. The lowest BCUT2D eigenvalue weighted by atomic mass is 9.88. The number of anilines is 3. The normalized spacial score (nSPS) is 21.1. The Labute approximate surface area is 192 Å². The lowest BCUT2D eigenvalue weighted by Crippen LogP contribution is -2.56. The smallest absolute Gasteiger partial charge is 0.237 e. The van der Waals surface area contributed by atoms with Gasteiger partial charge in [-0.25, -0.2) is 4.98 Å². The first kappa shape index (κ1) is 22.5. The summed E-state index contributed by atoms with van der Waals surface area (Å²) in [6.07, 6.45) is 3.63. The number of fused-ring (bicyclic) bond motifs is 1. The minimum absolute atomic E-state index is 0.182. The molecule has 4 heterocycles. The number of rotatable bonds is 8. The Morgan fingerprint density at radius 1 is 1.25 bits per heavy atom. The number of hydrogen-bond donors (Lipinski definition) is 4. The van der Waals surface area contributed by atoms with Crippen LogP contribution in [0, 0.1) is 6.92 Å². The van der Waals surface area contributed by atoms with Crippen molar-refractivity contribution in [3.05, 3.63) is 23.2 Å². The molecule has 172 valence electrons. The minimum Gasteiger partial charge on any atom is -0.351 e. The van der Waals surface area contributed by atoms with E-state index in [2.05, 4.69) is 44.9 Å². The van der Waals surface area contributed by atoms with Crippen LogP contribution in [0.4, 0.5) is 17.6 Å². The molecule has 0 saturated carbocycles. The van der Waals surface area contributed by atoms with Crippen molar-refractivity contribution in [3.63, 3.8) is 0 Å². The number of H-pyrrole nitrogens is 1. The van der Waals surface area contributed by atoms with Gasteiger partial charge in [0.1, 0.15) is 10.6 Å². The van der Waals surface area contributed by atoms with E-state index in [1.165, 1.54) is 0 Å². The molecule has 3 aromatic rings. The van der Waals surface area contributed by atoms with Crippen LogP contribution in [0.25, 0.3) is 10.2 Å². The van der Waals surface area contributed by atoms with Crippen molar-refractivity contribution in [3.8, 4) is 0 Å². The van der Waals surface area contributed by atoms with Crippen molar-refractivity contribution in [2.45, 2.75) is 64.6 Å². The van der Waals surface area contributed by atoms with Crippen LogP contribution < -0.4 is 16.0 Å². The number of thiophene rings is 1. The van der Waals surface area contributed by atoms with Gasteiger partial charge in [0.05, 0.1) is 11.9 Å². The number of nitrogens with one attached hydrogen (secondary N) is 4. The third-order valence-corrected chi connectivity index (χ3v) is 6.88. The van der Waals surface area contributed by atoms with E-state index in [1.807, 2.05) is 31.5 Å². The van der Waals surface area contributed by atoms with E-state index in [1.54, 1.807) is 11.3 Å². The van der Waals surface area contributed by atoms with Crippen molar-refractivity contribution in [2.24, 2.45) is 0 Å². The van der Waals surface area contributed by atoms with E-state index in [-0.39, 0.29) is 24.0 Å². The third kappa shape index (κ3) is 4.71. The fourth-order valence-electron chi connectivity index (χ4n) is 4.57. The van der Waals surface area contributed by atoms with Crippen molar-refractivity contribution in [1.82, 2.24) is 30.4 Å². The molecule has 1 amide bonds. The molecule has 2 atom stereocenters. The van der Waals surface area contributed by atoms with Crippen LogP contribution in [0.5, 0.6) is 0 Å². The predicted octanol–water partition coefficient (Wildman–Crippen LogP) is 3.65. The van der Waals surface area contributed by atoms with Gasteiger partial charge in [-0.3, -0.25) is 9.89 Å². The molecule has 0 radical (unpaired) electrons. The molecule has 3 aromatic heterocycles. The SMILES string of the molecule is CCC1CC(Nc2nc(Nc3cc(C)[nH]n3)c3ccsc3n2)CC(CC)N1C(=O)CNC. The largest absolute Gasteiger partial charge is 0.351 e. The van der Waals surface area contributed by atoms with Gasteiger partial charge in [0.15, 0.2) is 5.82 Å². The molecule has 4 N–H and O–H groups in total. The zero-order valence-corrected chi connectivity index (χ0v) is 19.9. The second kappa shape index (κ2) is 9.83. The van der Waals surface area contributed by atoms with Crippen LogP contribution in [-0.2, 0) is 4.79 Å². The number of aromatic nitrogens is 4. The van der Waals surface area contributed by atoms with E-state index in [0.29, 0.717) is 12.5 Å². The Balaban J connectivity index is 1.55. The quantitative estimate of drug-likeness (QED) is 0.409. The summed E-state index contributed by atoms with van der Waals surface area (Å²) in [5.74, 6) is 2.26. The summed E-state index contributed by atoms with van der Waals surface area (Å²) in [4.78, 5) is 25.3. The van der Waals surface area contributed by atoms with Crippen molar-refractivity contribution < 1.29 is 4.79 Å². The number of amides is 1. The molecule has 32 heavy (non-hydrogen) atoms. The Morgan fingerprint density at radius 3 is 2.62 bits per heavy atom. The molecule has 9 nitrogen and oxygen atoms in total. The maximum atomic E-state index is 12.7. The molecule has 2 unspecified atom stereocenters. The van der Waals surface area contributed by atoms with E-state index in [4.69, 9.17) is 9.97 Å². The highest BCUT2D eigenvalue weighted by Crippen LogP contribution is 2.32. The van der Waals surface area contributed by atoms with Gasteiger partial charge in [-0.15, -0.1) is 11.3 Å². The third-order valence-electron chi connectivity index (χ3n) is 6.07. The topological polar surface area (TPSA) is 111 Å². The van der Waals surface area contributed by atoms with Gasteiger partial charge in [0.25, 0.3) is 0 Å². The van der Waals surface area contributed by atoms with E-state index < -0.39 is 0 Å². The highest BCUT2D eigenvalue weighted by molar-refractivity contribution is 7.16. The summed E-state index contributed by atoms with van der Waals surface area (Å²) in [6.45, 7) is 6.65. The van der Waals surface area contributed by atoms with Crippen LogP contribution in [0.2, 0.25) is 0 Å². The first-order valence-corrected chi connectivity index (χ1v) is 12.2. The first-order chi connectivity index (χ1) is 15.5. The Bertz CT molecular complexity index is 1050. The van der Waals surface area contributed by atoms with E-state index in [0.717, 1.165) is 53.2 Å². The van der Waals surface area contributed by atoms with Gasteiger partial charge in [-0.1, -0.05) is 13.8 Å². The van der Waals surface area contributed by atoms with Crippen molar-refractivity contribution >= 4 is 45.0 Å². The average molecular weight is 457 g/mol. The molecule has 4 rings (SSSR count). The molecule has 1 saturated heterocycles. The van der Waals surface area contributed by atoms with Crippen molar-refractivity contribution in [1.29, 1.82) is 0 Å². The van der Waals surface area contributed by atoms with E-state index in [9.17, 15) is 4.79 Å². The summed E-state index contributed by atoms with van der Waals surface area (Å²) >= 11 is 1.59. The highest BCUT2D eigenvalue weighted by atomic mass is 32.1. The maximum Gasteiger partial charge on any atom is 0.237 e. The lowest BCUT2D eigenvalue weighted by Gasteiger charge is -2.45. The van der Waals surface area contributed by atoms with Crippen LogP contribution >= 0.6 is 11.3 Å². The van der Waals surface area contributed by atoms with Gasteiger partial charge >= 0.3 is 0 Å². The van der Waals surface area contributed by atoms with Crippen molar-refractivity contribution in [2.75, 3.05) is 24.2 Å². The van der Waals surface area contributed by atoms with Gasteiger partial charge in [0.2, 0.25) is 11.9 Å². The zero-order chi connectivity index (χ0) is 22.7. The number of likely N-dealkylation sites (N-methyl/N-ethyl adjacent to an activating group) is 1. The number of nitrogens with zero attached hydrogens (tertiary/aromatic N) is 4. The van der Waals surface area contributed by atoms with Gasteiger partial charge in [0, 0.05) is 29.9 Å². The lowest BCUT2D eigenvalue weighted by molar-refractivity contribution is -0.137. The fourth-order valence-corrected chi connectivity index (χ4v) is 5.34. The second-order valence-corrected chi connectivity index (χ2v) is 9.26. The number of piperidine rings is 1. The molecule has 1 aliphatic rings. The van der Waals surface area contributed by atoms with Gasteiger partial charge in [-0.05, 0) is 51.1 Å². The molecular weight excluding hydrogens is 424 g/mol. The summed E-state index contributed by atoms with van der Waals surface area (Å²) < 4.78 is 0. The molecule has 0 aliphatic carbocycles. The maximum absolute atomic E-state index is 12.7. The molecule has 0 aromatic carbocycles. The summed E-state index contributed by atoms with van der Waals surface area (Å²) in [7, 11) is 1.82. The molecule has 1 aliphatic heterocycles. The first-order valence-electron chi connectivity index (χ1n) is 11.3. The highest BCUT2D eigenvalue weighted by Gasteiger charge is 2.36. The number of aryl methyl sites for hydroxylation is 1. The number of carbonyl (C=O) groups excluding carboxylic acids is 1. The average Bonchev–Trinajstić information content (AvgIpc) is 3.42. The van der Waals surface area contributed by atoms with E-state index >= 15 is 0 Å². The van der Waals surface area contributed by atoms with Gasteiger partial charge < -0.3 is 20.9 Å². The molecule has 0 spiro atoms. The Kier molecular flexibility index (Phi) is 6.90. The Hall–Kier alpha value is -2.72. The number of aromatic amines is 1. The number of likely N-dealkylation sites (tertiary alicyclic amines) is 1. The monoisotopic (exact) mass is 456 g/mol. The molecule has 10 heteroatoms. The number of carbonyl (C=O) groups is 1. The molecule has 0 bridgehead atoms. The van der Waals surface area contributed by atoms with Crippen LogP contribution in [0.15, 0.2) is 17.5 Å². The standard InChI is InChI=1S/C22H32N8OS/c1-5-15-10-14(11-16(6-2)30(15)19(31)12-23-4)24-22-26-20(17-7-8-32-21(17)27-22)25-18-9-13(3)28-29-18/h7-9,14-16,23H,5-6,10-12H2,1-4H3,(H3,24,25,26,27,28,29). The Morgan fingerprint density at radius 2 is 2.00 bits per heavy atom. The van der Waals surface area contributed by atoms with Gasteiger partial charge in [-0.2, -0.15) is 10.1 Å². The van der Waals surface area contributed by atoms with Crippen LogP contribution in [0.3, 0.4) is 0 Å². The molecule has 1 fully saturated rings. The fraction of sp³-hybridized carbons (Fsp3) is 0.545. The predicted molar refractivity (Wildman–Crippen MR) is 130 cm³/mol. The summed E-state index contributed by atoms with van der Waals surface area (Å²) in [5.41, 5.74) is 0.984. The summed E-state index contributed by atoms with van der Waals surface area (Å²) in [6, 6.07) is 4.60. The van der Waals surface area contributed by atoms with Crippen LogP contribution in [-0.4, -0.2) is 62.7 Å². The zero-order valence-electron chi connectivity index (χ0n) is 19.1. The van der Waals surface area contributed by atoms with Crippen LogP contribution in [0.1, 0.15) is 45.2 Å².